The number of nitrogens with zero attached hydrogens (tertiary/aromatic N) is 1. The molecule has 21 heavy (non-hydrogen) atoms. The zero-order chi connectivity index (χ0) is 15.5. The lowest BCUT2D eigenvalue weighted by atomic mass is 9.95. The summed E-state index contributed by atoms with van der Waals surface area (Å²) >= 11 is 0. The Morgan fingerprint density at radius 3 is 2.62 bits per heavy atom. The lowest BCUT2D eigenvalue weighted by Gasteiger charge is -2.47. The molecule has 1 saturated heterocycles. The van der Waals surface area contributed by atoms with Crippen LogP contribution in [0.1, 0.15) is 24.5 Å². The molecule has 0 radical (unpaired) electrons. The van der Waals surface area contributed by atoms with Gasteiger partial charge in [0.1, 0.15) is 12.2 Å². The second kappa shape index (κ2) is 6.26. The molecule has 1 N–H and O–H groups in total. The van der Waals surface area contributed by atoms with Crippen LogP contribution in [0.4, 0.5) is 0 Å². The van der Waals surface area contributed by atoms with Crippen LogP contribution in [0.5, 0.6) is 0 Å². The molecule has 0 atom stereocenters. The fraction of sp³-hybridized carbons (Fsp3) is 0.500. The fourth-order valence-electron chi connectivity index (χ4n) is 2.56. The maximum atomic E-state index is 12.1. The van der Waals surface area contributed by atoms with Crippen LogP contribution in [0.25, 0.3) is 0 Å². The summed E-state index contributed by atoms with van der Waals surface area (Å²) in [5.74, 6) is -0.893. The maximum Gasteiger partial charge on any atom is 0.329 e. The molecule has 1 aliphatic rings. The van der Waals surface area contributed by atoms with Gasteiger partial charge >= 0.3 is 5.97 Å². The highest BCUT2D eigenvalue weighted by molar-refractivity contribution is 5.77. The van der Waals surface area contributed by atoms with E-state index in [0.29, 0.717) is 19.5 Å². The second-order valence-electron chi connectivity index (χ2n) is 5.81. The summed E-state index contributed by atoms with van der Waals surface area (Å²) < 4.78 is 5.30. The smallest absolute Gasteiger partial charge is 0.329 e. The molecule has 1 heterocycles. The van der Waals surface area contributed by atoms with E-state index in [2.05, 4.69) is 0 Å². The molecule has 5 heteroatoms. The number of amides is 1. The molecule has 1 aliphatic heterocycles. The average molecular weight is 291 g/mol. The van der Waals surface area contributed by atoms with E-state index in [1.807, 2.05) is 38.1 Å². The highest BCUT2D eigenvalue weighted by Crippen LogP contribution is 2.25. The number of aliphatic carboxylic acids is 1. The Morgan fingerprint density at radius 1 is 1.33 bits per heavy atom. The monoisotopic (exact) mass is 291 g/mol. The molecule has 1 aromatic rings. The normalized spacial score (nSPS) is 16.4. The SMILES string of the molecule is Cc1ccccc1CCC(=O)N1CC(C)(OCC(=O)O)C1. The molecule has 0 bridgehead atoms. The summed E-state index contributed by atoms with van der Waals surface area (Å²) in [6, 6.07) is 8.05. The van der Waals surface area contributed by atoms with Gasteiger partial charge in [-0.15, -0.1) is 0 Å². The van der Waals surface area contributed by atoms with Gasteiger partial charge < -0.3 is 14.7 Å². The standard InChI is InChI=1S/C16H21NO4/c1-12-5-3-4-6-13(12)7-8-14(18)17-10-16(2,11-17)21-9-15(19)20/h3-6H,7-11H2,1-2H3,(H,19,20). The molecule has 0 aromatic heterocycles. The third-order valence-electron chi connectivity index (χ3n) is 3.82. The third kappa shape index (κ3) is 4.04. The number of carboxylic acid groups (broad SMARTS) is 1. The van der Waals surface area contributed by atoms with Gasteiger partial charge in [0.15, 0.2) is 0 Å². The zero-order valence-electron chi connectivity index (χ0n) is 12.5. The van der Waals surface area contributed by atoms with Crippen LogP contribution in [0.3, 0.4) is 0 Å². The largest absolute Gasteiger partial charge is 0.480 e. The Labute approximate surface area is 124 Å². The van der Waals surface area contributed by atoms with Crippen LogP contribution < -0.4 is 0 Å². The highest BCUT2D eigenvalue weighted by atomic mass is 16.5. The Kier molecular flexibility index (Phi) is 4.63. The van der Waals surface area contributed by atoms with Crippen molar-refractivity contribution in [2.75, 3.05) is 19.7 Å². The van der Waals surface area contributed by atoms with Gasteiger partial charge in [0, 0.05) is 6.42 Å². The first-order valence-corrected chi connectivity index (χ1v) is 7.08. The number of likely N-dealkylation sites (tertiary alicyclic amines) is 1. The molecule has 2 rings (SSSR count). The van der Waals surface area contributed by atoms with Gasteiger partial charge in [-0.2, -0.15) is 0 Å². The van der Waals surface area contributed by atoms with E-state index in [1.165, 1.54) is 11.1 Å². The molecular weight excluding hydrogens is 270 g/mol. The van der Waals surface area contributed by atoms with Crippen molar-refractivity contribution < 1.29 is 19.4 Å². The summed E-state index contributed by atoms with van der Waals surface area (Å²) in [6.07, 6.45) is 1.20. The first-order valence-electron chi connectivity index (χ1n) is 7.08. The van der Waals surface area contributed by atoms with Crippen molar-refractivity contribution in [3.05, 3.63) is 35.4 Å². The van der Waals surface area contributed by atoms with Gasteiger partial charge in [-0.05, 0) is 31.4 Å². The molecule has 1 fully saturated rings. The minimum atomic E-state index is -0.986. The minimum Gasteiger partial charge on any atom is -0.480 e. The number of hydrogen-bond donors (Lipinski definition) is 1. The number of carbonyl (C=O) groups excluding carboxylic acids is 1. The quantitative estimate of drug-likeness (QED) is 0.865. The van der Waals surface area contributed by atoms with Crippen LogP contribution in [-0.4, -0.2) is 47.2 Å². The summed E-state index contributed by atoms with van der Waals surface area (Å²) in [5, 5.41) is 8.60. The molecule has 114 valence electrons. The van der Waals surface area contributed by atoms with Crippen molar-refractivity contribution in [1.29, 1.82) is 0 Å². The summed E-state index contributed by atoms with van der Waals surface area (Å²) in [4.78, 5) is 24.3. The van der Waals surface area contributed by atoms with E-state index in [4.69, 9.17) is 9.84 Å². The van der Waals surface area contributed by atoms with Gasteiger partial charge in [-0.1, -0.05) is 24.3 Å². The number of carbonyl (C=O) groups is 2. The molecule has 1 amide bonds. The Hall–Kier alpha value is -1.88. The van der Waals surface area contributed by atoms with Crippen molar-refractivity contribution in [2.24, 2.45) is 0 Å². The predicted octanol–water partition coefficient (Wildman–Crippen LogP) is 1.63. The van der Waals surface area contributed by atoms with Crippen LogP contribution >= 0.6 is 0 Å². The van der Waals surface area contributed by atoms with Gasteiger partial charge in [-0.25, -0.2) is 4.79 Å². The number of benzene rings is 1. The maximum absolute atomic E-state index is 12.1. The zero-order valence-corrected chi connectivity index (χ0v) is 12.5. The minimum absolute atomic E-state index is 0.0923. The number of aryl methyl sites for hydroxylation is 2. The molecule has 0 saturated carbocycles. The number of hydrogen-bond acceptors (Lipinski definition) is 3. The van der Waals surface area contributed by atoms with Crippen molar-refractivity contribution in [1.82, 2.24) is 4.90 Å². The van der Waals surface area contributed by atoms with Gasteiger partial charge in [-0.3, -0.25) is 4.79 Å². The third-order valence-corrected chi connectivity index (χ3v) is 3.82. The van der Waals surface area contributed by atoms with Crippen LogP contribution in [0.2, 0.25) is 0 Å². The van der Waals surface area contributed by atoms with Gasteiger partial charge in [0.2, 0.25) is 5.91 Å². The number of ether oxygens (including phenoxy) is 1. The van der Waals surface area contributed by atoms with Gasteiger partial charge in [0.05, 0.1) is 13.1 Å². The summed E-state index contributed by atoms with van der Waals surface area (Å²) in [7, 11) is 0. The highest BCUT2D eigenvalue weighted by Gasteiger charge is 2.42. The van der Waals surface area contributed by atoms with E-state index >= 15 is 0 Å². The van der Waals surface area contributed by atoms with E-state index in [9.17, 15) is 9.59 Å². The average Bonchev–Trinajstić information content (AvgIpc) is 2.41. The van der Waals surface area contributed by atoms with E-state index in [0.717, 1.165) is 6.42 Å². The second-order valence-corrected chi connectivity index (χ2v) is 5.81. The number of carboxylic acids is 1. The van der Waals surface area contributed by atoms with Crippen molar-refractivity contribution >= 4 is 11.9 Å². The molecule has 5 nitrogen and oxygen atoms in total. The Bertz CT molecular complexity index is 535. The topological polar surface area (TPSA) is 66.8 Å². The first-order chi connectivity index (χ1) is 9.89. The van der Waals surface area contributed by atoms with E-state index in [-0.39, 0.29) is 12.5 Å². The molecule has 1 aromatic carbocycles. The Morgan fingerprint density at radius 2 is 2.00 bits per heavy atom. The summed E-state index contributed by atoms with van der Waals surface area (Å²) in [5.41, 5.74) is 1.87. The van der Waals surface area contributed by atoms with Crippen molar-refractivity contribution in [2.45, 2.75) is 32.3 Å². The van der Waals surface area contributed by atoms with Gasteiger partial charge in [0.25, 0.3) is 0 Å². The molecule has 0 aliphatic carbocycles. The predicted molar refractivity (Wildman–Crippen MR) is 78.1 cm³/mol. The fourth-order valence-corrected chi connectivity index (χ4v) is 2.56. The lowest BCUT2D eigenvalue weighted by Crippen LogP contribution is -2.63. The van der Waals surface area contributed by atoms with E-state index < -0.39 is 11.6 Å². The van der Waals surface area contributed by atoms with Crippen molar-refractivity contribution in [3.63, 3.8) is 0 Å². The Balaban J connectivity index is 1.76. The number of rotatable bonds is 6. The van der Waals surface area contributed by atoms with Crippen LogP contribution in [-0.2, 0) is 20.7 Å². The van der Waals surface area contributed by atoms with E-state index in [1.54, 1.807) is 4.90 Å². The molecular formula is C16H21NO4. The van der Waals surface area contributed by atoms with Crippen molar-refractivity contribution in [3.8, 4) is 0 Å². The lowest BCUT2D eigenvalue weighted by molar-refractivity contribution is -0.173. The molecule has 0 unspecified atom stereocenters. The summed E-state index contributed by atoms with van der Waals surface area (Å²) in [6.45, 7) is 4.49. The molecule has 0 spiro atoms. The van der Waals surface area contributed by atoms with Crippen LogP contribution in [0, 0.1) is 6.92 Å². The first kappa shape index (κ1) is 15.5. The van der Waals surface area contributed by atoms with Crippen LogP contribution in [0.15, 0.2) is 24.3 Å².